The number of nitrogens with one attached hydrogen (secondary N) is 1. The number of para-hydroxylation sites is 1. The summed E-state index contributed by atoms with van der Waals surface area (Å²) in [6.07, 6.45) is 1.55. The standard InChI is InChI=1S/C25H22N2O3/c1-18(2)29-24-13-7-9-21(16-24)27-25(28)20(17-26)14-19-8-6-12-23(15-19)30-22-10-4-3-5-11-22/h3-16,18H,1-2H3,(H,27,28)/b20-14-. The highest BCUT2D eigenvalue weighted by Crippen LogP contribution is 2.23. The summed E-state index contributed by atoms with van der Waals surface area (Å²) in [5.41, 5.74) is 1.23. The van der Waals surface area contributed by atoms with E-state index in [0.717, 1.165) is 0 Å². The summed E-state index contributed by atoms with van der Waals surface area (Å²) in [6, 6.07) is 25.6. The second-order valence-electron chi connectivity index (χ2n) is 6.81. The molecule has 3 aromatic rings. The molecule has 0 aliphatic carbocycles. The average molecular weight is 398 g/mol. The number of carbonyl (C=O) groups excluding carboxylic acids is 1. The first kappa shape index (κ1) is 20.7. The third kappa shape index (κ3) is 5.98. The molecular formula is C25H22N2O3. The Morgan fingerprint density at radius 2 is 1.63 bits per heavy atom. The summed E-state index contributed by atoms with van der Waals surface area (Å²) >= 11 is 0. The van der Waals surface area contributed by atoms with Crippen LogP contribution in [0, 0.1) is 11.3 Å². The van der Waals surface area contributed by atoms with Gasteiger partial charge in [-0.3, -0.25) is 4.79 Å². The smallest absolute Gasteiger partial charge is 0.266 e. The minimum absolute atomic E-state index is 0.0120. The molecule has 0 radical (unpaired) electrons. The van der Waals surface area contributed by atoms with E-state index in [9.17, 15) is 10.1 Å². The summed E-state index contributed by atoms with van der Waals surface area (Å²) in [4.78, 5) is 12.6. The Bertz CT molecular complexity index is 1080. The van der Waals surface area contributed by atoms with Crippen molar-refractivity contribution in [2.45, 2.75) is 20.0 Å². The van der Waals surface area contributed by atoms with E-state index in [0.29, 0.717) is 28.5 Å². The number of hydrogen-bond acceptors (Lipinski definition) is 4. The monoisotopic (exact) mass is 398 g/mol. The molecule has 1 N–H and O–H groups in total. The van der Waals surface area contributed by atoms with Crippen LogP contribution >= 0.6 is 0 Å². The molecule has 0 saturated heterocycles. The third-order valence-corrected chi connectivity index (χ3v) is 3.98. The van der Waals surface area contributed by atoms with E-state index in [1.807, 2.05) is 68.4 Å². The van der Waals surface area contributed by atoms with Crippen LogP contribution in [0.2, 0.25) is 0 Å². The molecule has 3 aromatic carbocycles. The van der Waals surface area contributed by atoms with Crippen LogP contribution in [-0.4, -0.2) is 12.0 Å². The Morgan fingerprint density at radius 1 is 0.933 bits per heavy atom. The first-order valence-corrected chi connectivity index (χ1v) is 9.56. The Kier molecular flexibility index (Phi) is 6.86. The predicted molar refractivity (Wildman–Crippen MR) is 117 cm³/mol. The molecule has 150 valence electrons. The molecule has 5 heteroatoms. The number of carbonyl (C=O) groups is 1. The number of hydrogen-bond donors (Lipinski definition) is 1. The van der Waals surface area contributed by atoms with E-state index in [2.05, 4.69) is 5.32 Å². The molecule has 0 aromatic heterocycles. The lowest BCUT2D eigenvalue weighted by Crippen LogP contribution is -2.13. The van der Waals surface area contributed by atoms with Gasteiger partial charge in [-0.05, 0) is 61.9 Å². The molecule has 0 heterocycles. The second kappa shape index (κ2) is 9.94. The van der Waals surface area contributed by atoms with Gasteiger partial charge < -0.3 is 14.8 Å². The maximum Gasteiger partial charge on any atom is 0.266 e. The molecule has 0 spiro atoms. The fourth-order valence-electron chi connectivity index (χ4n) is 2.73. The molecule has 3 rings (SSSR count). The fraction of sp³-hybridized carbons (Fsp3) is 0.120. The molecule has 0 fully saturated rings. The lowest BCUT2D eigenvalue weighted by molar-refractivity contribution is -0.112. The molecule has 5 nitrogen and oxygen atoms in total. The van der Waals surface area contributed by atoms with Gasteiger partial charge in [0.15, 0.2) is 0 Å². The van der Waals surface area contributed by atoms with Crippen LogP contribution in [0.3, 0.4) is 0 Å². The van der Waals surface area contributed by atoms with Gasteiger partial charge in [-0.15, -0.1) is 0 Å². The summed E-state index contributed by atoms with van der Waals surface area (Å²) in [6.45, 7) is 3.86. The molecule has 0 saturated carbocycles. The zero-order valence-corrected chi connectivity index (χ0v) is 16.8. The lowest BCUT2D eigenvalue weighted by Gasteiger charge is -2.11. The van der Waals surface area contributed by atoms with Crippen molar-refractivity contribution in [3.8, 4) is 23.3 Å². The number of rotatable bonds is 7. The Morgan fingerprint density at radius 3 is 2.37 bits per heavy atom. The van der Waals surface area contributed by atoms with Gasteiger partial charge in [-0.25, -0.2) is 0 Å². The highest BCUT2D eigenvalue weighted by Gasteiger charge is 2.11. The minimum Gasteiger partial charge on any atom is -0.491 e. The molecule has 0 unspecified atom stereocenters. The molecule has 0 aliphatic heterocycles. The third-order valence-electron chi connectivity index (χ3n) is 3.98. The number of amides is 1. The van der Waals surface area contributed by atoms with Crippen LogP contribution in [0.25, 0.3) is 6.08 Å². The molecular weight excluding hydrogens is 376 g/mol. The van der Waals surface area contributed by atoms with Crippen LogP contribution < -0.4 is 14.8 Å². The molecule has 1 amide bonds. The molecule has 0 aliphatic rings. The van der Waals surface area contributed by atoms with Crippen LogP contribution in [-0.2, 0) is 4.79 Å². The number of nitriles is 1. The zero-order valence-electron chi connectivity index (χ0n) is 16.8. The molecule has 30 heavy (non-hydrogen) atoms. The Balaban J connectivity index is 1.74. The predicted octanol–water partition coefficient (Wildman–Crippen LogP) is 5.81. The summed E-state index contributed by atoms with van der Waals surface area (Å²) in [7, 11) is 0. The van der Waals surface area contributed by atoms with E-state index < -0.39 is 5.91 Å². The number of nitrogens with zero attached hydrogens (tertiary/aromatic N) is 1. The molecule has 0 bridgehead atoms. The van der Waals surface area contributed by atoms with Crippen molar-refractivity contribution in [3.05, 3.63) is 90.0 Å². The first-order chi connectivity index (χ1) is 14.5. The largest absolute Gasteiger partial charge is 0.491 e. The van der Waals surface area contributed by atoms with Crippen LogP contribution in [0.1, 0.15) is 19.4 Å². The van der Waals surface area contributed by atoms with Gasteiger partial charge in [0, 0.05) is 11.8 Å². The number of benzene rings is 3. The Hall–Kier alpha value is -4.04. The van der Waals surface area contributed by atoms with Gasteiger partial charge in [0.1, 0.15) is 28.9 Å². The Labute approximate surface area is 176 Å². The van der Waals surface area contributed by atoms with Gasteiger partial charge in [0.25, 0.3) is 5.91 Å². The van der Waals surface area contributed by atoms with Crippen LogP contribution in [0.5, 0.6) is 17.2 Å². The number of anilines is 1. The molecule has 0 atom stereocenters. The normalized spacial score (nSPS) is 10.9. The van der Waals surface area contributed by atoms with Crippen molar-refractivity contribution in [1.29, 1.82) is 5.26 Å². The summed E-state index contributed by atoms with van der Waals surface area (Å²) in [5.74, 6) is 1.48. The van der Waals surface area contributed by atoms with Gasteiger partial charge in [0.05, 0.1) is 6.10 Å². The second-order valence-corrected chi connectivity index (χ2v) is 6.81. The topological polar surface area (TPSA) is 71.3 Å². The SMILES string of the molecule is CC(C)Oc1cccc(NC(=O)/C(C#N)=C\c2cccc(Oc3ccccc3)c2)c1. The fourth-order valence-corrected chi connectivity index (χ4v) is 2.73. The maximum atomic E-state index is 12.6. The van der Waals surface area contributed by atoms with Crippen molar-refractivity contribution >= 4 is 17.7 Å². The van der Waals surface area contributed by atoms with Crippen molar-refractivity contribution in [1.82, 2.24) is 0 Å². The van der Waals surface area contributed by atoms with Crippen LogP contribution in [0.15, 0.2) is 84.4 Å². The van der Waals surface area contributed by atoms with E-state index in [4.69, 9.17) is 9.47 Å². The minimum atomic E-state index is -0.492. The zero-order chi connectivity index (χ0) is 21.3. The van der Waals surface area contributed by atoms with Gasteiger partial charge >= 0.3 is 0 Å². The van der Waals surface area contributed by atoms with Crippen LogP contribution in [0.4, 0.5) is 5.69 Å². The summed E-state index contributed by atoms with van der Waals surface area (Å²) < 4.78 is 11.4. The van der Waals surface area contributed by atoms with Crippen molar-refractivity contribution < 1.29 is 14.3 Å². The van der Waals surface area contributed by atoms with Gasteiger partial charge in [0.2, 0.25) is 0 Å². The van der Waals surface area contributed by atoms with Gasteiger partial charge in [-0.2, -0.15) is 5.26 Å². The van der Waals surface area contributed by atoms with Gasteiger partial charge in [-0.1, -0.05) is 36.4 Å². The number of ether oxygens (including phenoxy) is 2. The maximum absolute atomic E-state index is 12.6. The van der Waals surface area contributed by atoms with E-state index >= 15 is 0 Å². The lowest BCUT2D eigenvalue weighted by atomic mass is 10.1. The van der Waals surface area contributed by atoms with Crippen molar-refractivity contribution in [2.24, 2.45) is 0 Å². The first-order valence-electron chi connectivity index (χ1n) is 9.56. The average Bonchev–Trinajstić information content (AvgIpc) is 2.73. The quantitative estimate of drug-likeness (QED) is 0.403. The van der Waals surface area contributed by atoms with E-state index in [-0.39, 0.29) is 11.7 Å². The highest BCUT2D eigenvalue weighted by atomic mass is 16.5. The van der Waals surface area contributed by atoms with Crippen molar-refractivity contribution in [2.75, 3.05) is 5.32 Å². The van der Waals surface area contributed by atoms with E-state index in [1.54, 1.807) is 30.3 Å². The summed E-state index contributed by atoms with van der Waals surface area (Å²) in [5, 5.41) is 12.2. The van der Waals surface area contributed by atoms with Crippen molar-refractivity contribution in [3.63, 3.8) is 0 Å². The highest BCUT2D eigenvalue weighted by molar-refractivity contribution is 6.09. The van der Waals surface area contributed by atoms with E-state index in [1.165, 1.54) is 6.08 Å².